The van der Waals surface area contributed by atoms with Crippen molar-refractivity contribution in [1.82, 2.24) is 4.90 Å². The van der Waals surface area contributed by atoms with E-state index in [1.54, 1.807) is 7.11 Å². The monoisotopic (exact) mass is 374 g/mol. The molecule has 5 nitrogen and oxygen atoms in total. The standard InChI is InChI=1S/C22H34N2O3/c1-17-7-3-5-9-20(17)27-16-15-24-13-11-18(12-14-24)22(25)23-19-8-4-6-10-21(19)26-2/h4,6,8,10,17-18,20H,3,5,7,9,11-16H2,1-2H3,(H,23,25)/t17-,20+/m1/s1. The number of anilines is 1. The number of amides is 1. The highest BCUT2D eigenvalue weighted by molar-refractivity contribution is 5.94. The van der Waals surface area contributed by atoms with E-state index in [0.717, 1.165) is 44.8 Å². The summed E-state index contributed by atoms with van der Waals surface area (Å²) in [4.78, 5) is 15.0. The second kappa shape index (κ2) is 10.1. The molecule has 1 saturated carbocycles. The molecule has 1 aliphatic heterocycles. The zero-order valence-electron chi connectivity index (χ0n) is 16.8. The topological polar surface area (TPSA) is 50.8 Å². The molecule has 5 heteroatoms. The van der Waals surface area contributed by atoms with Gasteiger partial charge in [0, 0.05) is 12.5 Å². The lowest BCUT2D eigenvalue weighted by molar-refractivity contribution is -0.121. The van der Waals surface area contributed by atoms with E-state index in [4.69, 9.17) is 9.47 Å². The van der Waals surface area contributed by atoms with Gasteiger partial charge >= 0.3 is 0 Å². The Bertz CT molecular complexity index is 599. The fourth-order valence-corrected chi connectivity index (χ4v) is 4.26. The van der Waals surface area contributed by atoms with E-state index in [-0.39, 0.29) is 11.8 Å². The van der Waals surface area contributed by atoms with Crippen molar-refractivity contribution in [3.63, 3.8) is 0 Å². The Morgan fingerprint density at radius 1 is 1.15 bits per heavy atom. The second-order valence-corrected chi connectivity index (χ2v) is 7.98. The number of para-hydroxylation sites is 2. The highest BCUT2D eigenvalue weighted by Crippen LogP contribution is 2.27. The molecule has 1 N–H and O–H groups in total. The minimum absolute atomic E-state index is 0.0745. The molecule has 0 spiro atoms. The molecule has 2 atom stereocenters. The van der Waals surface area contributed by atoms with Crippen molar-refractivity contribution in [2.75, 3.05) is 38.7 Å². The van der Waals surface area contributed by atoms with Gasteiger partial charge in [0.2, 0.25) is 5.91 Å². The maximum atomic E-state index is 12.6. The van der Waals surface area contributed by atoms with Crippen molar-refractivity contribution in [1.29, 1.82) is 0 Å². The molecule has 150 valence electrons. The highest BCUT2D eigenvalue weighted by atomic mass is 16.5. The Kier molecular flexibility index (Phi) is 7.53. The first-order chi connectivity index (χ1) is 13.2. The third kappa shape index (κ3) is 5.69. The van der Waals surface area contributed by atoms with Gasteiger partial charge in [0.05, 0.1) is 25.5 Å². The molecule has 1 saturated heterocycles. The van der Waals surface area contributed by atoms with E-state index in [1.165, 1.54) is 25.7 Å². The number of rotatable bonds is 7. The van der Waals surface area contributed by atoms with Crippen LogP contribution < -0.4 is 10.1 Å². The van der Waals surface area contributed by atoms with Crippen molar-refractivity contribution in [3.8, 4) is 5.75 Å². The summed E-state index contributed by atoms with van der Waals surface area (Å²) in [5.74, 6) is 1.58. The molecule has 0 bridgehead atoms. The van der Waals surface area contributed by atoms with Gasteiger partial charge in [0.1, 0.15) is 5.75 Å². The summed E-state index contributed by atoms with van der Waals surface area (Å²) in [7, 11) is 1.62. The zero-order chi connectivity index (χ0) is 19.1. The van der Waals surface area contributed by atoms with Gasteiger partial charge in [-0.15, -0.1) is 0 Å². The number of nitrogens with zero attached hydrogens (tertiary/aromatic N) is 1. The quantitative estimate of drug-likeness (QED) is 0.785. The molecular formula is C22H34N2O3. The molecular weight excluding hydrogens is 340 g/mol. The SMILES string of the molecule is COc1ccccc1NC(=O)C1CCN(CCO[C@H]2CCCC[C@H]2C)CC1. The van der Waals surface area contributed by atoms with Crippen LogP contribution in [0.2, 0.25) is 0 Å². The fourth-order valence-electron chi connectivity index (χ4n) is 4.26. The normalized spacial score (nSPS) is 24.5. The molecule has 0 unspecified atom stereocenters. The predicted octanol–water partition coefficient (Wildman–Crippen LogP) is 3.94. The van der Waals surface area contributed by atoms with Gasteiger partial charge in [-0.2, -0.15) is 0 Å². The van der Waals surface area contributed by atoms with E-state index in [0.29, 0.717) is 17.8 Å². The van der Waals surface area contributed by atoms with Crippen molar-refractivity contribution in [2.45, 2.75) is 51.6 Å². The third-order valence-corrected chi connectivity index (χ3v) is 6.10. The Labute approximate surface area is 163 Å². The smallest absolute Gasteiger partial charge is 0.227 e. The van der Waals surface area contributed by atoms with Crippen molar-refractivity contribution in [2.24, 2.45) is 11.8 Å². The molecule has 2 aliphatic rings. The number of likely N-dealkylation sites (tertiary alicyclic amines) is 1. The lowest BCUT2D eigenvalue weighted by Crippen LogP contribution is -2.40. The number of carbonyl (C=O) groups excluding carboxylic acids is 1. The fraction of sp³-hybridized carbons (Fsp3) is 0.682. The molecule has 0 radical (unpaired) electrons. The molecule has 1 heterocycles. The Morgan fingerprint density at radius 2 is 1.89 bits per heavy atom. The number of benzene rings is 1. The molecule has 1 aromatic carbocycles. The largest absolute Gasteiger partial charge is 0.495 e. The molecule has 2 fully saturated rings. The molecule has 27 heavy (non-hydrogen) atoms. The van der Waals surface area contributed by atoms with E-state index in [1.807, 2.05) is 24.3 Å². The predicted molar refractivity (Wildman–Crippen MR) is 108 cm³/mol. The lowest BCUT2D eigenvalue weighted by Gasteiger charge is -2.33. The maximum absolute atomic E-state index is 12.6. The first-order valence-corrected chi connectivity index (χ1v) is 10.4. The Morgan fingerprint density at radius 3 is 2.63 bits per heavy atom. The van der Waals surface area contributed by atoms with Gasteiger partial charge in [-0.05, 0) is 56.8 Å². The van der Waals surface area contributed by atoms with Crippen LogP contribution >= 0.6 is 0 Å². The number of ether oxygens (including phenoxy) is 2. The van der Waals surface area contributed by atoms with Crippen LogP contribution in [0.25, 0.3) is 0 Å². The summed E-state index contributed by atoms with van der Waals surface area (Å²) in [6.45, 7) is 6.04. The van der Waals surface area contributed by atoms with Crippen LogP contribution in [-0.4, -0.2) is 50.3 Å². The summed E-state index contributed by atoms with van der Waals surface area (Å²) in [5, 5.41) is 3.03. The van der Waals surface area contributed by atoms with Crippen LogP contribution in [0.15, 0.2) is 24.3 Å². The van der Waals surface area contributed by atoms with Crippen LogP contribution in [-0.2, 0) is 9.53 Å². The summed E-state index contributed by atoms with van der Waals surface area (Å²) in [6, 6.07) is 7.57. The van der Waals surface area contributed by atoms with Crippen LogP contribution in [0.4, 0.5) is 5.69 Å². The van der Waals surface area contributed by atoms with Gasteiger partial charge < -0.3 is 19.7 Å². The average Bonchev–Trinajstić information content (AvgIpc) is 2.70. The van der Waals surface area contributed by atoms with Crippen LogP contribution in [0.1, 0.15) is 45.4 Å². The van der Waals surface area contributed by atoms with E-state index in [9.17, 15) is 4.79 Å². The minimum Gasteiger partial charge on any atom is -0.495 e. The summed E-state index contributed by atoms with van der Waals surface area (Å²) < 4.78 is 11.5. The van der Waals surface area contributed by atoms with Crippen LogP contribution in [0.3, 0.4) is 0 Å². The number of nitrogens with one attached hydrogen (secondary N) is 1. The molecule has 0 aromatic heterocycles. The highest BCUT2D eigenvalue weighted by Gasteiger charge is 2.26. The zero-order valence-corrected chi connectivity index (χ0v) is 16.8. The Hall–Kier alpha value is -1.59. The van der Waals surface area contributed by atoms with Gasteiger partial charge in [-0.1, -0.05) is 31.9 Å². The average molecular weight is 375 g/mol. The lowest BCUT2D eigenvalue weighted by atomic mass is 9.88. The number of hydrogen-bond donors (Lipinski definition) is 1. The first kappa shape index (κ1) is 20.2. The Balaban J connectivity index is 1.37. The first-order valence-electron chi connectivity index (χ1n) is 10.4. The van der Waals surface area contributed by atoms with E-state index < -0.39 is 0 Å². The summed E-state index contributed by atoms with van der Waals surface area (Å²) in [5.41, 5.74) is 0.752. The molecule has 3 rings (SSSR count). The van der Waals surface area contributed by atoms with Gasteiger partial charge in [-0.25, -0.2) is 0 Å². The van der Waals surface area contributed by atoms with Crippen molar-refractivity contribution >= 4 is 11.6 Å². The van der Waals surface area contributed by atoms with Gasteiger partial charge in [0.15, 0.2) is 0 Å². The van der Waals surface area contributed by atoms with Gasteiger partial charge in [0.25, 0.3) is 0 Å². The number of carbonyl (C=O) groups is 1. The van der Waals surface area contributed by atoms with Crippen LogP contribution in [0, 0.1) is 11.8 Å². The number of methoxy groups -OCH3 is 1. The number of hydrogen-bond acceptors (Lipinski definition) is 4. The second-order valence-electron chi connectivity index (χ2n) is 7.98. The molecule has 1 aromatic rings. The van der Waals surface area contributed by atoms with Gasteiger partial charge in [-0.3, -0.25) is 4.79 Å². The van der Waals surface area contributed by atoms with E-state index in [2.05, 4.69) is 17.1 Å². The molecule has 1 amide bonds. The summed E-state index contributed by atoms with van der Waals surface area (Å²) >= 11 is 0. The van der Waals surface area contributed by atoms with E-state index >= 15 is 0 Å². The van der Waals surface area contributed by atoms with Crippen LogP contribution in [0.5, 0.6) is 5.75 Å². The summed E-state index contributed by atoms with van der Waals surface area (Å²) in [6.07, 6.45) is 7.43. The maximum Gasteiger partial charge on any atom is 0.227 e. The van der Waals surface area contributed by atoms with Crippen molar-refractivity contribution < 1.29 is 14.3 Å². The third-order valence-electron chi connectivity index (χ3n) is 6.10. The molecule has 1 aliphatic carbocycles. The minimum atomic E-state index is 0.0745. The van der Waals surface area contributed by atoms with Crippen molar-refractivity contribution in [3.05, 3.63) is 24.3 Å². The number of piperidine rings is 1.